The van der Waals surface area contributed by atoms with Gasteiger partial charge in [0.2, 0.25) is 0 Å². The molecule has 0 bridgehead atoms. The molecule has 4 heteroatoms. The van der Waals surface area contributed by atoms with Crippen molar-refractivity contribution in [1.29, 1.82) is 0 Å². The van der Waals surface area contributed by atoms with Crippen molar-refractivity contribution >= 4 is 5.78 Å². The third-order valence-corrected chi connectivity index (χ3v) is 5.16. The number of ketones is 1. The van der Waals surface area contributed by atoms with Crippen molar-refractivity contribution in [2.45, 2.75) is 11.8 Å². The van der Waals surface area contributed by atoms with E-state index in [2.05, 4.69) is 0 Å². The first-order valence-electron chi connectivity index (χ1n) is 8.74. The number of hydrogen-bond acceptors (Lipinski definition) is 3. The molecule has 0 fully saturated rings. The lowest BCUT2D eigenvalue weighted by Gasteiger charge is -2.21. The van der Waals surface area contributed by atoms with E-state index < -0.39 is 5.92 Å². The van der Waals surface area contributed by atoms with E-state index in [0.29, 0.717) is 11.3 Å². The van der Waals surface area contributed by atoms with Gasteiger partial charge in [-0.1, -0.05) is 24.3 Å². The molecule has 2 atom stereocenters. The smallest absolute Gasteiger partial charge is 0.171 e. The lowest BCUT2D eigenvalue weighted by Crippen LogP contribution is -2.13. The van der Waals surface area contributed by atoms with E-state index in [0.717, 1.165) is 22.4 Å². The first-order chi connectivity index (χ1) is 13.1. The van der Waals surface area contributed by atoms with Gasteiger partial charge in [0.25, 0.3) is 0 Å². The number of carbonyl (C=O) groups is 1. The molecule has 0 amide bonds. The van der Waals surface area contributed by atoms with Gasteiger partial charge >= 0.3 is 0 Å². The summed E-state index contributed by atoms with van der Waals surface area (Å²) in [6.45, 7) is 0. The van der Waals surface area contributed by atoms with Crippen molar-refractivity contribution in [2.75, 3.05) is 14.2 Å². The van der Waals surface area contributed by atoms with Crippen LogP contribution in [0.4, 0.5) is 4.39 Å². The van der Waals surface area contributed by atoms with Gasteiger partial charge in [-0.3, -0.25) is 4.79 Å². The van der Waals surface area contributed by atoms with Crippen LogP contribution in [0.2, 0.25) is 0 Å². The highest BCUT2D eigenvalue weighted by atomic mass is 19.1. The molecule has 4 rings (SSSR count). The molecule has 136 valence electrons. The molecular formula is C23H19FO3. The van der Waals surface area contributed by atoms with E-state index in [9.17, 15) is 9.18 Å². The summed E-state index contributed by atoms with van der Waals surface area (Å²) in [7, 11) is 3.20. The van der Waals surface area contributed by atoms with Crippen LogP contribution in [0.3, 0.4) is 0 Å². The molecule has 3 aromatic carbocycles. The molecule has 1 aliphatic rings. The molecule has 0 aromatic heterocycles. The number of ether oxygens (including phenoxy) is 2. The minimum Gasteiger partial charge on any atom is -0.497 e. The van der Waals surface area contributed by atoms with E-state index in [1.165, 1.54) is 12.1 Å². The van der Waals surface area contributed by atoms with Crippen molar-refractivity contribution in [3.8, 4) is 11.5 Å². The van der Waals surface area contributed by atoms with E-state index in [-0.39, 0.29) is 17.5 Å². The Bertz CT molecular complexity index is 995. The van der Waals surface area contributed by atoms with Gasteiger partial charge in [0.15, 0.2) is 5.78 Å². The number of Topliss-reactive ketones (excluding diaryl/α,β-unsaturated/α-hetero) is 1. The minimum atomic E-state index is -0.417. The molecule has 0 N–H and O–H groups in total. The third kappa shape index (κ3) is 2.97. The molecule has 27 heavy (non-hydrogen) atoms. The van der Waals surface area contributed by atoms with Crippen LogP contribution in [0.15, 0.2) is 66.7 Å². The maximum absolute atomic E-state index is 13.9. The number of halogens is 1. The highest BCUT2D eigenvalue weighted by Gasteiger charge is 2.41. The zero-order valence-electron chi connectivity index (χ0n) is 15.1. The summed E-state index contributed by atoms with van der Waals surface area (Å²) in [5, 5.41) is 0. The first-order valence-corrected chi connectivity index (χ1v) is 8.74. The Kier molecular flexibility index (Phi) is 4.40. The maximum atomic E-state index is 13.9. The van der Waals surface area contributed by atoms with Gasteiger partial charge in [0, 0.05) is 11.5 Å². The maximum Gasteiger partial charge on any atom is 0.171 e. The molecule has 0 saturated heterocycles. The van der Waals surface area contributed by atoms with Crippen molar-refractivity contribution in [3.05, 3.63) is 94.8 Å². The van der Waals surface area contributed by atoms with Crippen molar-refractivity contribution in [2.24, 2.45) is 0 Å². The van der Waals surface area contributed by atoms with Gasteiger partial charge in [-0.25, -0.2) is 4.39 Å². The van der Waals surface area contributed by atoms with E-state index in [1.807, 2.05) is 36.4 Å². The number of rotatable bonds is 4. The summed E-state index contributed by atoms with van der Waals surface area (Å²) < 4.78 is 24.5. The zero-order valence-corrected chi connectivity index (χ0v) is 15.1. The van der Waals surface area contributed by atoms with E-state index in [1.54, 1.807) is 32.4 Å². The molecule has 0 radical (unpaired) electrons. The average Bonchev–Trinajstić information content (AvgIpc) is 3.00. The second-order valence-electron chi connectivity index (χ2n) is 6.60. The number of hydrogen-bond donors (Lipinski definition) is 0. The van der Waals surface area contributed by atoms with E-state index in [4.69, 9.17) is 9.47 Å². The van der Waals surface area contributed by atoms with Gasteiger partial charge in [-0.15, -0.1) is 0 Å². The van der Waals surface area contributed by atoms with E-state index >= 15 is 0 Å². The summed E-state index contributed by atoms with van der Waals surface area (Å²) in [5.74, 6) is 0.437. The van der Waals surface area contributed by atoms with Crippen LogP contribution in [-0.2, 0) is 0 Å². The van der Waals surface area contributed by atoms with Gasteiger partial charge in [0.1, 0.15) is 17.3 Å². The molecule has 0 aliphatic heterocycles. The molecular weight excluding hydrogens is 343 g/mol. The molecule has 1 aliphatic carbocycles. The first kappa shape index (κ1) is 17.3. The number of fused-ring (bicyclic) bond motifs is 1. The summed E-state index contributed by atoms with van der Waals surface area (Å²) in [5.41, 5.74) is 3.18. The van der Waals surface area contributed by atoms with Crippen LogP contribution < -0.4 is 9.47 Å². The third-order valence-electron chi connectivity index (χ3n) is 5.16. The molecule has 0 unspecified atom stereocenters. The Morgan fingerprint density at radius 3 is 2.15 bits per heavy atom. The monoisotopic (exact) mass is 362 g/mol. The summed E-state index contributed by atoms with van der Waals surface area (Å²) >= 11 is 0. The molecule has 0 heterocycles. The second-order valence-corrected chi connectivity index (χ2v) is 6.60. The normalized spacial score (nSPS) is 18.3. The number of carbonyl (C=O) groups excluding carboxylic acids is 1. The summed E-state index contributed by atoms with van der Waals surface area (Å²) in [4.78, 5) is 13.3. The molecule has 0 saturated carbocycles. The van der Waals surface area contributed by atoms with Crippen LogP contribution in [-0.4, -0.2) is 20.0 Å². The molecule has 3 aromatic rings. The lowest BCUT2D eigenvalue weighted by atomic mass is 9.81. The second kappa shape index (κ2) is 6.88. The van der Waals surface area contributed by atoms with Crippen LogP contribution in [0.1, 0.15) is 38.9 Å². The Morgan fingerprint density at radius 2 is 1.48 bits per heavy atom. The Labute approximate surface area is 157 Å². The Balaban J connectivity index is 1.89. The van der Waals surface area contributed by atoms with Gasteiger partial charge in [-0.2, -0.15) is 0 Å². The molecule has 0 spiro atoms. The van der Waals surface area contributed by atoms with Crippen molar-refractivity contribution in [3.63, 3.8) is 0 Å². The SMILES string of the molecule is COc1ccc([C@@H]2C(=O)c3ccc(OC)cc3[C@H]2c2cccc(F)c2)cc1. The minimum absolute atomic E-state index is 0.0343. The van der Waals surface area contributed by atoms with Crippen LogP contribution in [0, 0.1) is 5.82 Å². The van der Waals surface area contributed by atoms with Gasteiger partial charge in [-0.05, 0) is 59.2 Å². The van der Waals surface area contributed by atoms with Gasteiger partial charge in [0.05, 0.1) is 20.1 Å². The number of methoxy groups -OCH3 is 2. The summed E-state index contributed by atoms with van der Waals surface area (Å²) in [6.07, 6.45) is 0. The predicted octanol–water partition coefficient (Wildman–Crippen LogP) is 4.95. The zero-order chi connectivity index (χ0) is 19.0. The van der Waals surface area contributed by atoms with Crippen LogP contribution in [0.5, 0.6) is 11.5 Å². The van der Waals surface area contributed by atoms with Crippen molar-refractivity contribution < 1.29 is 18.7 Å². The Morgan fingerprint density at radius 1 is 0.778 bits per heavy atom. The fraction of sp³-hybridized carbons (Fsp3) is 0.174. The van der Waals surface area contributed by atoms with Crippen LogP contribution >= 0.6 is 0 Å². The van der Waals surface area contributed by atoms with Crippen LogP contribution in [0.25, 0.3) is 0 Å². The van der Waals surface area contributed by atoms with Gasteiger partial charge < -0.3 is 9.47 Å². The number of benzene rings is 3. The largest absolute Gasteiger partial charge is 0.497 e. The Hall–Kier alpha value is -3.14. The summed E-state index contributed by atoms with van der Waals surface area (Å²) in [6, 6.07) is 19.4. The quantitative estimate of drug-likeness (QED) is 0.658. The molecule has 3 nitrogen and oxygen atoms in total. The standard InChI is InChI=1S/C23H19FO3/c1-26-17-8-6-14(7-9-17)22-21(15-4-3-5-16(24)12-15)20-13-18(27-2)10-11-19(20)23(22)25/h3-13,21-22H,1-2H3/t21-,22+/m1/s1. The fourth-order valence-corrected chi connectivity index (χ4v) is 3.88. The fourth-order valence-electron chi connectivity index (χ4n) is 3.88. The predicted molar refractivity (Wildman–Crippen MR) is 101 cm³/mol. The highest BCUT2D eigenvalue weighted by Crippen LogP contribution is 2.48. The lowest BCUT2D eigenvalue weighted by molar-refractivity contribution is 0.0968. The average molecular weight is 362 g/mol. The van der Waals surface area contributed by atoms with Crippen molar-refractivity contribution in [1.82, 2.24) is 0 Å². The topological polar surface area (TPSA) is 35.5 Å². The highest BCUT2D eigenvalue weighted by molar-refractivity contribution is 6.07.